The lowest BCUT2D eigenvalue weighted by atomic mass is 9.90. The molecule has 10 nitrogen and oxygen atoms in total. The Morgan fingerprint density at radius 3 is 2.84 bits per heavy atom. The molecule has 2 amide bonds. The molecule has 3 N–H and O–H groups in total. The fraction of sp³-hybridized carbons (Fsp3) is 0.333. The lowest BCUT2D eigenvalue weighted by Gasteiger charge is -2.37. The Bertz CT molecular complexity index is 1260. The van der Waals surface area contributed by atoms with Crippen LogP contribution in [0.4, 0.5) is 16.3 Å². The number of benzene rings is 2. The van der Waals surface area contributed by atoms with Gasteiger partial charge in [-0.05, 0) is 30.2 Å². The number of alkyl carbamates (subject to hydrolysis) is 1. The van der Waals surface area contributed by atoms with Crippen molar-refractivity contribution in [2.24, 2.45) is 5.92 Å². The summed E-state index contributed by atoms with van der Waals surface area (Å²) in [6, 6.07) is 13.3. The van der Waals surface area contributed by atoms with Crippen LogP contribution in [0.2, 0.25) is 0 Å². The maximum atomic E-state index is 12.7. The van der Waals surface area contributed by atoms with Gasteiger partial charge in [0, 0.05) is 49.9 Å². The lowest BCUT2D eigenvalue weighted by molar-refractivity contribution is -0.127. The summed E-state index contributed by atoms with van der Waals surface area (Å²) in [7, 11) is 3.24. The molecule has 0 unspecified atom stereocenters. The van der Waals surface area contributed by atoms with E-state index in [1.807, 2.05) is 42.5 Å². The molecule has 2 aromatic carbocycles. The van der Waals surface area contributed by atoms with Gasteiger partial charge in [0.2, 0.25) is 5.91 Å². The van der Waals surface area contributed by atoms with Gasteiger partial charge in [-0.2, -0.15) is 0 Å². The lowest BCUT2D eigenvalue weighted by Crippen LogP contribution is -2.55. The standard InChI is InChI=1S/C27H32N6O4/c1-4-13-37-27(35)32-22-11-12-33(16-21(22)26(34)28-2)15-18-7-5-10-23-24(18)25(30-17-29-23)31-19-8-6-9-20(14-19)36-3/h4-10,14,17,21-22H,1,11-13,15-16H2,2-3H3,(H,28,34)(H,32,35)(H,29,30,31)/t21-,22-/m1/s1. The van der Waals surface area contributed by atoms with Crippen LogP contribution in [0.1, 0.15) is 12.0 Å². The van der Waals surface area contributed by atoms with E-state index in [0.717, 1.165) is 27.9 Å². The summed E-state index contributed by atoms with van der Waals surface area (Å²) < 4.78 is 10.4. The highest BCUT2D eigenvalue weighted by atomic mass is 16.5. The van der Waals surface area contributed by atoms with Crippen molar-refractivity contribution < 1.29 is 19.1 Å². The molecular weight excluding hydrogens is 472 g/mol. The normalized spacial score (nSPS) is 17.6. The van der Waals surface area contributed by atoms with E-state index in [4.69, 9.17) is 9.47 Å². The summed E-state index contributed by atoms with van der Waals surface area (Å²) in [6.07, 6.45) is 3.10. The molecule has 0 aliphatic carbocycles. The molecule has 1 fully saturated rings. The van der Waals surface area contributed by atoms with Crippen molar-refractivity contribution in [3.05, 3.63) is 67.0 Å². The van der Waals surface area contributed by atoms with Gasteiger partial charge in [0.25, 0.3) is 0 Å². The van der Waals surface area contributed by atoms with Crippen molar-refractivity contribution >= 4 is 34.4 Å². The van der Waals surface area contributed by atoms with E-state index in [9.17, 15) is 9.59 Å². The predicted octanol–water partition coefficient (Wildman–Crippen LogP) is 3.23. The molecule has 0 saturated carbocycles. The molecule has 37 heavy (non-hydrogen) atoms. The highest BCUT2D eigenvalue weighted by molar-refractivity contribution is 5.93. The summed E-state index contributed by atoms with van der Waals surface area (Å²) in [5, 5.41) is 9.88. The Labute approximate surface area is 216 Å². The number of methoxy groups -OCH3 is 1. The van der Waals surface area contributed by atoms with Crippen LogP contribution in [0.25, 0.3) is 10.9 Å². The third-order valence-electron chi connectivity index (χ3n) is 6.39. The topological polar surface area (TPSA) is 118 Å². The Morgan fingerprint density at radius 2 is 2.05 bits per heavy atom. The largest absolute Gasteiger partial charge is 0.497 e. The number of hydrogen-bond donors (Lipinski definition) is 3. The van der Waals surface area contributed by atoms with Gasteiger partial charge in [0.15, 0.2) is 0 Å². The summed E-state index contributed by atoms with van der Waals surface area (Å²) in [5.74, 6) is 0.892. The van der Waals surface area contributed by atoms with Crippen molar-refractivity contribution in [3.63, 3.8) is 0 Å². The van der Waals surface area contributed by atoms with E-state index in [1.165, 1.54) is 6.08 Å². The second kappa shape index (κ2) is 12.2. The summed E-state index contributed by atoms with van der Waals surface area (Å²) in [5.41, 5.74) is 2.71. The Kier molecular flexibility index (Phi) is 8.52. The molecule has 10 heteroatoms. The van der Waals surface area contributed by atoms with Crippen molar-refractivity contribution in [2.45, 2.75) is 19.0 Å². The highest BCUT2D eigenvalue weighted by Crippen LogP contribution is 2.29. The van der Waals surface area contributed by atoms with Crippen LogP contribution in [-0.4, -0.2) is 66.8 Å². The van der Waals surface area contributed by atoms with Crippen LogP contribution >= 0.6 is 0 Å². The second-order valence-corrected chi connectivity index (χ2v) is 8.77. The van der Waals surface area contributed by atoms with E-state index < -0.39 is 12.0 Å². The first-order valence-electron chi connectivity index (χ1n) is 12.1. The third kappa shape index (κ3) is 6.34. The number of aromatic nitrogens is 2. The molecule has 3 aromatic rings. The number of likely N-dealkylation sites (tertiary alicyclic amines) is 1. The number of hydrogen-bond acceptors (Lipinski definition) is 8. The molecule has 0 bridgehead atoms. The van der Waals surface area contributed by atoms with Gasteiger partial charge in [-0.3, -0.25) is 9.69 Å². The smallest absolute Gasteiger partial charge is 0.407 e. The van der Waals surface area contributed by atoms with Gasteiger partial charge >= 0.3 is 6.09 Å². The van der Waals surface area contributed by atoms with Crippen molar-refractivity contribution in [1.82, 2.24) is 25.5 Å². The zero-order valence-corrected chi connectivity index (χ0v) is 21.1. The molecule has 2 heterocycles. The van der Waals surface area contributed by atoms with Crippen molar-refractivity contribution in [1.29, 1.82) is 0 Å². The first-order chi connectivity index (χ1) is 18.0. The Balaban J connectivity index is 1.55. The molecule has 1 saturated heterocycles. The van der Waals surface area contributed by atoms with Crippen LogP contribution in [-0.2, 0) is 16.1 Å². The number of ether oxygens (including phenoxy) is 2. The van der Waals surface area contributed by atoms with Crippen LogP contribution in [0, 0.1) is 5.92 Å². The number of nitrogens with zero attached hydrogens (tertiary/aromatic N) is 3. The number of fused-ring (bicyclic) bond motifs is 1. The zero-order chi connectivity index (χ0) is 26.2. The van der Waals surface area contributed by atoms with E-state index in [-0.39, 0.29) is 18.6 Å². The van der Waals surface area contributed by atoms with Gasteiger partial charge in [0.05, 0.1) is 18.5 Å². The monoisotopic (exact) mass is 504 g/mol. The molecule has 1 aliphatic rings. The van der Waals surface area contributed by atoms with Crippen LogP contribution in [0.5, 0.6) is 5.75 Å². The molecule has 1 aliphatic heterocycles. The van der Waals surface area contributed by atoms with E-state index in [0.29, 0.717) is 31.9 Å². The summed E-state index contributed by atoms with van der Waals surface area (Å²) in [4.78, 5) is 36.0. The number of nitrogens with one attached hydrogen (secondary N) is 3. The molecule has 194 valence electrons. The minimum absolute atomic E-state index is 0.116. The van der Waals surface area contributed by atoms with Gasteiger partial charge in [-0.25, -0.2) is 14.8 Å². The number of carbonyl (C=O) groups excluding carboxylic acids is 2. The third-order valence-corrected chi connectivity index (χ3v) is 6.39. The Hall–Kier alpha value is -4.18. The van der Waals surface area contributed by atoms with Crippen LogP contribution in [0.3, 0.4) is 0 Å². The number of piperidine rings is 1. The zero-order valence-electron chi connectivity index (χ0n) is 21.1. The highest BCUT2D eigenvalue weighted by Gasteiger charge is 2.35. The first kappa shape index (κ1) is 25.9. The minimum atomic E-state index is -0.549. The molecule has 0 spiro atoms. The molecular formula is C27H32N6O4. The number of anilines is 2. The van der Waals surface area contributed by atoms with Gasteiger partial charge in [-0.15, -0.1) is 0 Å². The van der Waals surface area contributed by atoms with E-state index in [2.05, 4.69) is 37.4 Å². The average molecular weight is 505 g/mol. The number of amides is 2. The van der Waals surface area contributed by atoms with Gasteiger partial charge < -0.3 is 25.4 Å². The summed E-state index contributed by atoms with van der Waals surface area (Å²) in [6.45, 7) is 5.44. The molecule has 4 rings (SSSR count). The van der Waals surface area contributed by atoms with Crippen molar-refractivity contribution in [2.75, 3.05) is 39.2 Å². The quantitative estimate of drug-likeness (QED) is 0.380. The fourth-order valence-corrected chi connectivity index (χ4v) is 4.60. The fourth-order valence-electron chi connectivity index (χ4n) is 4.60. The average Bonchev–Trinajstić information content (AvgIpc) is 2.92. The second-order valence-electron chi connectivity index (χ2n) is 8.77. The Morgan fingerprint density at radius 1 is 1.22 bits per heavy atom. The van der Waals surface area contributed by atoms with Crippen molar-refractivity contribution in [3.8, 4) is 5.75 Å². The molecule has 1 aromatic heterocycles. The SMILES string of the molecule is C=CCOC(=O)N[C@@H]1CCN(Cc2cccc3ncnc(Nc4cccc(OC)c4)c23)C[C@H]1C(=O)NC. The maximum absolute atomic E-state index is 12.7. The van der Waals surface area contributed by atoms with Gasteiger partial charge in [0.1, 0.15) is 24.5 Å². The van der Waals surface area contributed by atoms with E-state index in [1.54, 1.807) is 20.5 Å². The predicted molar refractivity (Wildman–Crippen MR) is 142 cm³/mol. The molecule has 0 radical (unpaired) electrons. The number of carbonyl (C=O) groups is 2. The van der Waals surface area contributed by atoms with Gasteiger partial charge in [-0.1, -0.05) is 30.9 Å². The first-order valence-corrected chi connectivity index (χ1v) is 12.1. The van der Waals surface area contributed by atoms with Crippen LogP contribution < -0.4 is 20.7 Å². The molecule has 2 atom stereocenters. The van der Waals surface area contributed by atoms with E-state index >= 15 is 0 Å². The van der Waals surface area contributed by atoms with Crippen LogP contribution in [0.15, 0.2) is 61.4 Å². The minimum Gasteiger partial charge on any atom is -0.497 e. The maximum Gasteiger partial charge on any atom is 0.407 e. The number of rotatable bonds is 9. The summed E-state index contributed by atoms with van der Waals surface area (Å²) >= 11 is 0.